The number of methoxy groups -OCH3 is 1. The van der Waals surface area contributed by atoms with Gasteiger partial charge in [-0.15, -0.1) is 0 Å². The largest absolute Gasteiger partial charge is 0.493 e. The molecule has 120 valence electrons. The molecule has 0 amide bonds. The third kappa shape index (κ3) is 4.22. The van der Waals surface area contributed by atoms with Gasteiger partial charge in [-0.1, -0.05) is 6.07 Å². The van der Waals surface area contributed by atoms with E-state index in [1.165, 1.54) is 0 Å². The summed E-state index contributed by atoms with van der Waals surface area (Å²) >= 11 is 0. The van der Waals surface area contributed by atoms with Crippen molar-refractivity contribution in [1.29, 1.82) is 0 Å². The van der Waals surface area contributed by atoms with E-state index in [2.05, 4.69) is 17.2 Å². The summed E-state index contributed by atoms with van der Waals surface area (Å²) in [5, 5.41) is 12.2. The van der Waals surface area contributed by atoms with Crippen molar-refractivity contribution in [3.05, 3.63) is 41.6 Å². The number of oxazole rings is 1. The Morgan fingerprint density at radius 1 is 1.36 bits per heavy atom. The van der Waals surface area contributed by atoms with Crippen molar-refractivity contribution >= 4 is 0 Å². The number of ether oxygens (including phenoxy) is 2. The summed E-state index contributed by atoms with van der Waals surface area (Å²) in [5.74, 6) is 2.73. The Kier molecular flexibility index (Phi) is 5.80. The number of nitrogens with one attached hydrogen (secondary N) is 1. The van der Waals surface area contributed by atoms with E-state index >= 15 is 0 Å². The zero-order valence-corrected chi connectivity index (χ0v) is 13.1. The van der Waals surface area contributed by atoms with Gasteiger partial charge in [0, 0.05) is 6.04 Å². The van der Waals surface area contributed by atoms with Crippen molar-refractivity contribution in [2.45, 2.75) is 26.4 Å². The molecule has 2 N–H and O–H groups in total. The van der Waals surface area contributed by atoms with E-state index in [1.54, 1.807) is 13.3 Å². The first-order valence-electron chi connectivity index (χ1n) is 7.20. The van der Waals surface area contributed by atoms with Crippen LogP contribution in [-0.4, -0.2) is 30.4 Å². The molecule has 0 aliphatic rings. The van der Waals surface area contributed by atoms with E-state index < -0.39 is 0 Å². The molecule has 0 radical (unpaired) electrons. The highest BCUT2D eigenvalue weighted by Gasteiger charge is 2.11. The fourth-order valence-corrected chi connectivity index (χ4v) is 2.07. The van der Waals surface area contributed by atoms with Crippen LogP contribution in [0.4, 0.5) is 0 Å². The van der Waals surface area contributed by atoms with Crippen LogP contribution in [0.1, 0.15) is 30.2 Å². The maximum atomic E-state index is 8.82. The summed E-state index contributed by atoms with van der Waals surface area (Å²) in [4.78, 5) is 4.17. The molecule has 1 aromatic heterocycles. The second-order valence-electron chi connectivity index (χ2n) is 4.95. The fourth-order valence-electron chi connectivity index (χ4n) is 2.07. The summed E-state index contributed by atoms with van der Waals surface area (Å²) in [6.45, 7) is 4.69. The van der Waals surface area contributed by atoms with E-state index in [1.807, 2.05) is 25.1 Å². The summed E-state index contributed by atoms with van der Waals surface area (Å²) in [7, 11) is 1.60. The van der Waals surface area contributed by atoms with Crippen molar-refractivity contribution in [3.8, 4) is 11.5 Å². The molecule has 0 spiro atoms. The van der Waals surface area contributed by atoms with Crippen molar-refractivity contribution < 1.29 is 19.0 Å². The maximum Gasteiger partial charge on any atom is 0.208 e. The van der Waals surface area contributed by atoms with Crippen LogP contribution in [0.15, 0.2) is 28.8 Å². The van der Waals surface area contributed by atoms with Gasteiger partial charge in [0.25, 0.3) is 0 Å². The molecule has 2 aromatic rings. The fraction of sp³-hybridized carbons (Fsp3) is 0.438. The van der Waals surface area contributed by atoms with Crippen molar-refractivity contribution in [1.82, 2.24) is 10.3 Å². The van der Waals surface area contributed by atoms with Crippen LogP contribution in [0.5, 0.6) is 11.5 Å². The lowest BCUT2D eigenvalue weighted by molar-refractivity contribution is 0.196. The average molecular weight is 306 g/mol. The van der Waals surface area contributed by atoms with Gasteiger partial charge in [-0.2, -0.15) is 0 Å². The zero-order chi connectivity index (χ0) is 15.9. The molecule has 22 heavy (non-hydrogen) atoms. The molecule has 1 unspecified atom stereocenters. The summed E-state index contributed by atoms with van der Waals surface area (Å²) in [6, 6.07) is 5.84. The van der Waals surface area contributed by atoms with E-state index in [0.717, 1.165) is 11.3 Å². The average Bonchev–Trinajstić information content (AvgIpc) is 2.95. The van der Waals surface area contributed by atoms with Crippen LogP contribution < -0.4 is 14.8 Å². The number of hydrogen-bond donors (Lipinski definition) is 2. The third-order valence-corrected chi connectivity index (χ3v) is 3.27. The van der Waals surface area contributed by atoms with Crippen LogP contribution >= 0.6 is 0 Å². The van der Waals surface area contributed by atoms with Gasteiger partial charge in [0.15, 0.2) is 11.5 Å². The number of aromatic nitrogens is 1. The van der Waals surface area contributed by atoms with Gasteiger partial charge in [0.2, 0.25) is 5.89 Å². The van der Waals surface area contributed by atoms with Gasteiger partial charge in [-0.25, -0.2) is 4.98 Å². The summed E-state index contributed by atoms with van der Waals surface area (Å²) in [5.41, 5.74) is 1.07. The predicted molar refractivity (Wildman–Crippen MR) is 82.1 cm³/mol. The highest BCUT2D eigenvalue weighted by molar-refractivity contribution is 5.43. The molecule has 1 aromatic carbocycles. The number of benzene rings is 1. The molecule has 6 nitrogen and oxygen atoms in total. The van der Waals surface area contributed by atoms with Crippen molar-refractivity contribution in [2.75, 3.05) is 20.3 Å². The smallest absolute Gasteiger partial charge is 0.208 e. The van der Waals surface area contributed by atoms with Gasteiger partial charge < -0.3 is 24.3 Å². The third-order valence-electron chi connectivity index (χ3n) is 3.27. The van der Waals surface area contributed by atoms with Gasteiger partial charge in [0.1, 0.15) is 12.4 Å². The van der Waals surface area contributed by atoms with E-state index in [-0.39, 0.29) is 19.3 Å². The van der Waals surface area contributed by atoms with Gasteiger partial charge in [0.05, 0.1) is 26.5 Å². The van der Waals surface area contributed by atoms with E-state index in [4.69, 9.17) is 19.0 Å². The van der Waals surface area contributed by atoms with Crippen molar-refractivity contribution in [2.24, 2.45) is 0 Å². The lowest BCUT2D eigenvalue weighted by Gasteiger charge is -2.16. The minimum atomic E-state index is -0.0293. The maximum absolute atomic E-state index is 8.82. The zero-order valence-electron chi connectivity index (χ0n) is 13.1. The number of aliphatic hydroxyl groups excluding tert-OH is 1. The molecule has 0 aliphatic carbocycles. The molecule has 2 rings (SSSR count). The number of aliphatic hydroxyl groups is 1. The molecule has 0 aliphatic heterocycles. The molecule has 0 saturated carbocycles. The number of rotatable bonds is 8. The van der Waals surface area contributed by atoms with Crippen molar-refractivity contribution in [3.63, 3.8) is 0 Å². The molecular formula is C16H22N2O4. The molecule has 1 atom stereocenters. The minimum Gasteiger partial charge on any atom is -0.493 e. The number of nitrogens with zero attached hydrogens (tertiary/aromatic N) is 1. The van der Waals surface area contributed by atoms with Crippen LogP contribution in [0.25, 0.3) is 0 Å². The quantitative estimate of drug-likeness (QED) is 0.779. The summed E-state index contributed by atoms with van der Waals surface area (Å²) in [6.07, 6.45) is 1.71. The standard InChI is InChI=1S/C16H22N2O4/c1-11-9-18-16(22-11)10-17-12(2)13-4-5-14(21-7-6-19)15(8-13)20-3/h4-5,8-9,12,17,19H,6-7,10H2,1-3H3. The topological polar surface area (TPSA) is 76.8 Å². The Balaban J connectivity index is 2.01. The Morgan fingerprint density at radius 3 is 2.82 bits per heavy atom. The first kappa shape index (κ1) is 16.3. The second-order valence-corrected chi connectivity index (χ2v) is 4.95. The first-order chi connectivity index (χ1) is 10.6. The lowest BCUT2D eigenvalue weighted by atomic mass is 10.1. The Hall–Kier alpha value is -2.05. The normalized spacial score (nSPS) is 12.2. The Morgan fingerprint density at radius 2 is 2.18 bits per heavy atom. The predicted octanol–water partition coefficient (Wildman–Crippen LogP) is 2.21. The molecule has 0 saturated heterocycles. The van der Waals surface area contributed by atoms with E-state index in [0.29, 0.717) is 23.9 Å². The number of hydrogen-bond acceptors (Lipinski definition) is 6. The Bertz CT molecular complexity index is 598. The minimum absolute atomic E-state index is 0.0293. The Labute approximate surface area is 130 Å². The van der Waals surface area contributed by atoms with Gasteiger partial charge >= 0.3 is 0 Å². The molecule has 0 fully saturated rings. The second kappa shape index (κ2) is 7.82. The lowest BCUT2D eigenvalue weighted by Crippen LogP contribution is -2.18. The molecular weight excluding hydrogens is 284 g/mol. The van der Waals surface area contributed by atoms with Crippen LogP contribution in [-0.2, 0) is 6.54 Å². The first-order valence-corrected chi connectivity index (χ1v) is 7.20. The molecule has 6 heteroatoms. The summed E-state index contributed by atoms with van der Waals surface area (Å²) < 4.78 is 16.2. The molecule has 0 bridgehead atoms. The highest BCUT2D eigenvalue weighted by atomic mass is 16.5. The van der Waals surface area contributed by atoms with Crippen LogP contribution in [0, 0.1) is 6.92 Å². The van der Waals surface area contributed by atoms with Crippen LogP contribution in [0.3, 0.4) is 0 Å². The van der Waals surface area contributed by atoms with Gasteiger partial charge in [-0.3, -0.25) is 0 Å². The van der Waals surface area contributed by atoms with E-state index in [9.17, 15) is 0 Å². The monoisotopic (exact) mass is 306 g/mol. The highest BCUT2D eigenvalue weighted by Crippen LogP contribution is 2.30. The van der Waals surface area contributed by atoms with Gasteiger partial charge in [-0.05, 0) is 31.5 Å². The SMILES string of the molecule is COc1cc(C(C)NCc2ncc(C)o2)ccc1OCCO. The van der Waals surface area contributed by atoms with Crippen LogP contribution in [0.2, 0.25) is 0 Å². The number of aryl methyl sites for hydroxylation is 1. The molecule has 1 heterocycles.